The molecule has 0 saturated carbocycles. The predicted molar refractivity (Wildman–Crippen MR) is 50.7 cm³/mol. The molecule has 3 N–H and O–H groups in total. The molecule has 4 nitrogen and oxygen atoms in total. The lowest BCUT2D eigenvalue weighted by molar-refractivity contribution is 0.0696. The zero-order chi connectivity index (χ0) is 10.7. The average molecular weight is 190 g/mol. The third-order valence-corrected chi connectivity index (χ3v) is 1.97. The van der Waals surface area contributed by atoms with Gasteiger partial charge in [0.05, 0.1) is 11.1 Å². The van der Waals surface area contributed by atoms with Gasteiger partial charge < -0.3 is 10.8 Å². The molecule has 1 rings (SSSR count). The molecule has 0 aliphatic heterocycles. The third-order valence-electron chi connectivity index (χ3n) is 1.97. The molecule has 0 aliphatic carbocycles. The van der Waals surface area contributed by atoms with Gasteiger partial charge in [-0.05, 0) is 24.1 Å². The van der Waals surface area contributed by atoms with Crippen molar-refractivity contribution in [3.8, 4) is 6.07 Å². The van der Waals surface area contributed by atoms with E-state index in [-0.39, 0.29) is 11.1 Å². The van der Waals surface area contributed by atoms with E-state index in [9.17, 15) is 4.79 Å². The van der Waals surface area contributed by atoms with Crippen LogP contribution in [0.5, 0.6) is 0 Å². The van der Waals surface area contributed by atoms with Gasteiger partial charge in [-0.3, -0.25) is 0 Å². The molecule has 0 amide bonds. The van der Waals surface area contributed by atoms with E-state index in [4.69, 9.17) is 16.1 Å². The second-order valence-electron chi connectivity index (χ2n) is 2.96. The first-order chi connectivity index (χ1) is 6.60. The molecule has 14 heavy (non-hydrogen) atoms. The molecule has 0 bridgehead atoms. The Hall–Kier alpha value is -1.86. The van der Waals surface area contributed by atoms with Gasteiger partial charge in [0.15, 0.2) is 0 Å². The average Bonchev–Trinajstić information content (AvgIpc) is 2.15. The van der Waals surface area contributed by atoms with Gasteiger partial charge >= 0.3 is 5.97 Å². The van der Waals surface area contributed by atoms with Crippen LogP contribution in [0.2, 0.25) is 0 Å². The molecule has 0 fully saturated rings. The summed E-state index contributed by atoms with van der Waals surface area (Å²) in [4.78, 5) is 10.8. The summed E-state index contributed by atoms with van der Waals surface area (Å²) in [6.45, 7) is 1.96. The zero-order valence-corrected chi connectivity index (χ0v) is 7.74. The van der Waals surface area contributed by atoms with E-state index in [2.05, 4.69) is 0 Å². The Balaban J connectivity index is 3.44. The second-order valence-corrected chi connectivity index (χ2v) is 2.96. The number of aromatic carboxylic acids is 1. The van der Waals surface area contributed by atoms with Crippen molar-refractivity contribution in [3.63, 3.8) is 0 Å². The molecule has 0 spiro atoms. The summed E-state index contributed by atoms with van der Waals surface area (Å²) in [5.41, 5.74) is 6.97. The van der Waals surface area contributed by atoms with Gasteiger partial charge in [-0.15, -0.1) is 0 Å². The minimum absolute atomic E-state index is 0.0599. The number of nitriles is 1. The van der Waals surface area contributed by atoms with Crippen LogP contribution in [0, 0.1) is 18.3 Å². The minimum Gasteiger partial charge on any atom is -0.478 e. The highest BCUT2D eigenvalue weighted by molar-refractivity contribution is 5.92. The maximum absolute atomic E-state index is 10.8. The molecule has 72 valence electrons. The SMILES string of the molecule is Cc1cc(CN)cc(C#N)c1C(=O)O. The van der Waals surface area contributed by atoms with Gasteiger partial charge in [-0.1, -0.05) is 6.07 Å². The largest absolute Gasteiger partial charge is 0.478 e. The Morgan fingerprint density at radius 2 is 2.29 bits per heavy atom. The van der Waals surface area contributed by atoms with Gasteiger partial charge in [-0.2, -0.15) is 5.26 Å². The molecule has 0 atom stereocenters. The molecule has 0 radical (unpaired) electrons. The van der Waals surface area contributed by atoms with E-state index in [1.807, 2.05) is 6.07 Å². The Morgan fingerprint density at radius 3 is 2.71 bits per heavy atom. The van der Waals surface area contributed by atoms with E-state index in [0.29, 0.717) is 12.1 Å². The fourth-order valence-electron chi connectivity index (χ4n) is 1.35. The van der Waals surface area contributed by atoms with E-state index in [1.165, 1.54) is 6.07 Å². The van der Waals surface area contributed by atoms with Gasteiger partial charge in [0.1, 0.15) is 6.07 Å². The van der Waals surface area contributed by atoms with Crippen molar-refractivity contribution in [2.75, 3.05) is 0 Å². The summed E-state index contributed by atoms with van der Waals surface area (Å²) in [6.07, 6.45) is 0. The maximum atomic E-state index is 10.8. The van der Waals surface area contributed by atoms with Crippen LogP contribution in [0.15, 0.2) is 12.1 Å². The van der Waals surface area contributed by atoms with Crippen LogP contribution in [0.1, 0.15) is 27.0 Å². The molecule has 4 heteroatoms. The number of nitrogens with zero attached hydrogens (tertiary/aromatic N) is 1. The van der Waals surface area contributed by atoms with E-state index >= 15 is 0 Å². The lowest BCUT2D eigenvalue weighted by atomic mass is 9.99. The summed E-state index contributed by atoms with van der Waals surface area (Å²) in [6, 6.07) is 5.05. The summed E-state index contributed by atoms with van der Waals surface area (Å²) >= 11 is 0. The number of hydrogen-bond donors (Lipinski definition) is 2. The monoisotopic (exact) mass is 190 g/mol. The van der Waals surface area contributed by atoms with Crippen LogP contribution < -0.4 is 5.73 Å². The molecular formula is C10H10N2O2. The van der Waals surface area contributed by atoms with Crippen molar-refractivity contribution in [1.29, 1.82) is 5.26 Å². The lowest BCUT2D eigenvalue weighted by Crippen LogP contribution is -2.06. The zero-order valence-electron chi connectivity index (χ0n) is 7.74. The topological polar surface area (TPSA) is 87.1 Å². The van der Waals surface area contributed by atoms with Gasteiger partial charge in [0, 0.05) is 6.54 Å². The first-order valence-corrected chi connectivity index (χ1v) is 4.07. The van der Waals surface area contributed by atoms with Crippen LogP contribution in [-0.4, -0.2) is 11.1 Å². The van der Waals surface area contributed by atoms with Crippen LogP contribution in [0.4, 0.5) is 0 Å². The Bertz CT molecular complexity index is 419. The van der Waals surface area contributed by atoms with E-state index < -0.39 is 5.97 Å². The predicted octanol–water partition coefficient (Wildman–Crippen LogP) is 1.02. The van der Waals surface area contributed by atoms with Crippen molar-refractivity contribution < 1.29 is 9.90 Å². The summed E-state index contributed by atoms with van der Waals surface area (Å²) in [5, 5.41) is 17.6. The molecule has 1 aromatic rings. The van der Waals surface area contributed by atoms with Crippen molar-refractivity contribution in [2.24, 2.45) is 5.73 Å². The van der Waals surface area contributed by atoms with Crippen molar-refractivity contribution in [3.05, 3.63) is 34.4 Å². The Morgan fingerprint density at radius 1 is 1.64 bits per heavy atom. The Kier molecular flexibility index (Phi) is 2.85. The lowest BCUT2D eigenvalue weighted by Gasteiger charge is -2.05. The summed E-state index contributed by atoms with van der Waals surface area (Å²) < 4.78 is 0. The Labute approximate surface area is 81.6 Å². The molecule has 1 aromatic carbocycles. The molecule has 0 aliphatic rings. The maximum Gasteiger partial charge on any atom is 0.337 e. The first-order valence-electron chi connectivity index (χ1n) is 4.07. The third kappa shape index (κ3) is 1.73. The number of carboxylic acid groups (broad SMARTS) is 1. The van der Waals surface area contributed by atoms with Gasteiger partial charge in [0.2, 0.25) is 0 Å². The fourth-order valence-corrected chi connectivity index (χ4v) is 1.35. The quantitative estimate of drug-likeness (QED) is 0.728. The van der Waals surface area contributed by atoms with Crippen molar-refractivity contribution in [1.82, 2.24) is 0 Å². The normalized spacial score (nSPS) is 9.50. The summed E-state index contributed by atoms with van der Waals surface area (Å²) in [7, 11) is 0. The van der Waals surface area contributed by atoms with Crippen LogP contribution in [-0.2, 0) is 6.54 Å². The standard InChI is InChI=1S/C10H10N2O2/c1-6-2-7(4-11)3-8(5-12)9(6)10(13)14/h2-3H,4,11H2,1H3,(H,13,14). The van der Waals surface area contributed by atoms with Crippen LogP contribution >= 0.6 is 0 Å². The van der Waals surface area contributed by atoms with E-state index in [0.717, 1.165) is 5.56 Å². The first kappa shape index (κ1) is 10.2. The highest BCUT2D eigenvalue weighted by Gasteiger charge is 2.13. The molecule has 0 aromatic heterocycles. The van der Waals surface area contributed by atoms with Crippen molar-refractivity contribution in [2.45, 2.75) is 13.5 Å². The number of hydrogen-bond acceptors (Lipinski definition) is 3. The number of carbonyl (C=O) groups is 1. The smallest absolute Gasteiger partial charge is 0.337 e. The number of rotatable bonds is 2. The number of nitrogens with two attached hydrogens (primary N) is 1. The second kappa shape index (κ2) is 3.90. The minimum atomic E-state index is -1.08. The fraction of sp³-hybridized carbons (Fsp3) is 0.200. The molecule has 0 saturated heterocycles. The number of carboxylic acids is 1. The van der Waals surface area contributed by atoms with Crippen LogP contribution in [0.3, 0.4) is 0 Å². The van der Waals surface area contributed by atoms with Gasteiger partial charge in [-0.25, -0.2) is 4.79 Å². The van der Waals surface area contributed by atoms with Gasteiger partial charge in [0.25, 0.3) is 0 Å². The molecule has 0 unspecified atom stereocenters. The number of benzene rings is 1. The molecular weight excluding hydrogens is 180 g/mol. The molecule has 0 heterocycles. The highest BCUT2D eigenvalue weighted by atomic mass is 16.4. The summed E-state index contributed by atoms with van der Waals surface area (Å²) in [5.74, 6) is -1.08. The highest BCUT2D eigenvalue weighted by Crippen LogP contribution is 2.16. The van der Waals surface area contributed by atoms with Crippen LogP contribution in [0.25, 0.3) is 0 Å². The van der Waals surface area contributed by atoms with Crippen molar-refractivity contribution >= 4 is 5.97 Å². The van der Waals surface area contributed by atoms with E-state index in [1.54, 1.807) is 13.0 Å². The number of aryl methyl sites for hydroxylation is 1.